The molecule has 0 aliphatic carbocycles. The minimum Gasteiger partial charge on any atom is -0.299 e. The molecule has 0 aromatic carbocycles. The van der Waals surface area contributed by atoms with Gasteiger partial charge in [0.15, 0.2) is 0 Å². The van der Waals surface area contributed by atoms with E-state index in [1.807, 2.05) is 26.1 Å². The summed E-state index contributed by atoms with van der Waals surface area (Å²) in [6, 6.07) is 4.49. The molecule has 0 bridgehead atoms. The molecule has 0 saturated carbocycles. The van der Waals surface area contributed by atoms with Crippen LogP contribution in [0.4, 0.5) is 0 Å². The lowest BCUT2D eigenvalue weighted by Crippen LogP contribution is -2.46. The zero-order chi connectivity index (χ0) is 12.4. The lowest BCUT2D eigenvalue weighted by Gasteiger charge is -2.36. The van der Waals surface area contributed by atoms with E-state index < -0.39 is 0 Å². The van der Waals surface area contributed by atoms with Crippen LogP contribution in [0, 0.1) is 12.8 Å². The van der Waals surface area contributed by atoms with Crippen molar-refractivity contribution in [2.75, 3.05) is 6.54 Å². The van der Waals surface area contributed by atoms with Crippen molar-refractivity contribution < 1.29 is 4.79 Å². The fourth-order valence-electron chi connectivity index (χ4n) is 2.32. The van der Waals surface area contributed by atoms with E-state index in [2.05, 4.69) is 22.9 Å². The van der Waals surface area contributed by atoms with Crippen molar-refractivity contribution in [1.82, 2.24) is 9.88 Å². The first kappa shape index (κ1) is 12.2. The molecule has 17 heavy (non-hydrogen) atoms. The van der Waals surface area contributed by atoms with Crippen LogP contribution < -0.4 is 0 Å². The van der Waals surface area contributed by atoms with Gasteiger partial charge in [-0.2, -0.15) is 0 Å². The summed E-state index contributed by atoms with van der Waals surface area (Å²) < 4.78 is 0. The standard InChI is InChI=1S/C14H20N2O/c1-10-4-5-13(8-15-10)9-16-7-6-14(17)11(2)12(16)3/h4-5,8,11-12H,6-7,9H2,1-3H3. The highest BCUT2D eigenvalue weighted by Gasteiger charge is 2.30. The summed E-state index contributed by atoms with van der Waals surface area (Å²) in [6.07, 6.45) is 2.62. The number of hydrogen-bond acceptors (Lipinski definition) is 3. The Labute approximate surface area is 103 Å². The maximum atomic E-state index is 11.6. The molecule has 92 valence electrons. The summed E-state index contributed by atoms with van der Waals surface area (Å²) in [7, 11) is 0. The molecule has 3 nitrogen and oxygen atoms in total. The van der Waals surface area contributed by atoms with Gasteiger partial charge >= 0.3 is 0 Å². The van der Waals surface area contributed by atoms with Crippen LogP contribution in [0.5, 0.6) is 0 Å². The highest BCUT2D eigenvalue weighted by Crippen LogP contribution is 2.21. The third kappa shape index (κ3) is 2.72. The summed E-state index contributed by atoms with van der Waals surface area (Å²) in [5, 5.41) is 0. The third-order valence-electron chi connectivity index (χ3n) is 3.81. The lowest BCUT2D eigenvalue weighted by atomic mass is 9.90. The molecule has 2 rings (SSSR count). The molecular weight excluding hydrogens is 212 g/mol. The van der Waals surface area contributed by atoms with E-state index in [1.165, 1.54) is 5.56 Å². The van der Waals surface area contributed by atoms with Crippen molar-refractivity contribution in [1.29, 1.82) is 0 Å². The van der Waals surface area contributed by atoms with Crippen LogP contribution in [0.15, 0.2) is 18.3 Å². The van der Waals surface area contributed by atoms with E-state index in [0.29, 0.717) is 18.2 Å². The monoisotopic (exact) mass is 232 g/mol. The van der Waals surface area contributed by atoms with Crippen LogP contribution in [-0.2, 0) is 11.3 Å². The summed E-state index contributed by atoms with van der Waals surface area (Å²) in [4.78, 5) is 18.3. The topological polar surface area (TPSA) is 33.2 Å². The largest absolute Gasteiger partial charge is 0.299 e. The molecule has 2 unspecified atom stereocenters. The van der Waals surface area contributed by atoms with Gasteiger partial charge in [-0.05, 0) is 25.5 Å². The summed E-state index contributed by atoms with van der Waals surface area (Å²) in [6.45, 7) is 7.94. The van der Waals surface area contributed by atoms with Crippen LogP contribution in [-0.4, -0.2) is 28.3 Å². The number of piperidine rings is 1. The first-order valence-corrected chi connectivity index (χ1v) is 6.26. The zero-order valence-electron chi connectivity index (χ0n) is 10.8. The van der Waals surface area contributed by atoms with Crippen molar-refractivity contribution in [3.8, 4) is 0 Å². The van der Waals surface area contributed by atoms with E-state index in [-0.39, 0.29) is 5.92 Å². The second-order valence-electron chi connectivity index (χ2n) is 5.02. The maximum Gasteiger partial charge on any atom is 0.138 e. The van der Waals surface area contributed by atoms with Crippen molar-refractivity contribution >= 4 is 5.78 Å². The van der Waals surface area contributed by atoms with Gasteiger partial charge in [0.1, 0.15) is 5.78 Å². The van der Waals surface area contributed by atoms with Gasteiger partial charge in [-0.25, -0.2) is 0 Å². The van der Waals surface area contributed by atoms with E-state index in [1.54, 1.807) is 0 Å². The molecule has 1 aromatic heterocycles. The Balaban J connectivity index is 2.04. The van der Waals surface area contributed by atoms with Crippen molar-refractivity contribution in [2.45, 2.75) is 39.8 Å². The quantitative estimate of drug-likeness (QED) is 0.783. The minimum absolute atomic E-state index is 0.155. The maximum absolute atomic E-state index is 11.6. The van der Waals surface area contributed by atoms with Crippen LogP contribution in [0.3, 0.4) is 0 Å². The Morgan fingerprint density at radius 2 is 2.18 bits per heavy atom. The molecule has 0 radical (unpaired) electrons. The van der Waals surface area contributed by atoms with Gasteiger partial charge in [0.05, 0.1) is 0 Å². The fraction of sp³-hybridized carbons (Fsp3) is 0.571. The average molecular weight is 232 g/mol. The predicted molar refractivity (Wildman–Crippen MR) is 67.6 cm³/mol. The van der Waals surface area contributed by atoms with Gasteiger partial charge in [-0.1, -0.05) is 13.0 Å². The fourth-order valence-corrected chi connectivity index (χ4v) is 2.32. The van der Waals surface area contributed by atoms with Gasteiger partial charge < -0.3 is 0 Å². The van der Waals surface area contributed by atoms with Gasteiger partial charge in [0, 0.05) is 43.4 Å². The molecular formula is C14H20N2O. The number of rotatable bonds is 2. The number of ketones is 1. The number of aryl methyl sites for hydroxylation is 1. The molecule has 0 amide bonds. The molecule has 1 fully saturated rings. The van der Waals surface area contributed by atoms with Crippen LogP contribution in [0.25, 0.3) is 0 Å². The number of hydrogen-bond donors (Lipinski definition) is 0. The molecule has 1 saturated heterocycles. The second-order valence-corrected chi connectivity index (χ2v) is 5.02. The van der Waals surface area contributed by atoms with E-state index in [4.69, 9.17) is 0 Å². The Morgan fingerprint density at radius 3 is 2.82 bits per heavy atom. The first-order valence-electron chi connectivity index (χ1n) is 6.26. The summed E-state index contributed by atoms with van der Waals surface area (Å²) >= 11 is 0. The molecule has 3 heteroatoms. The van der Waals surface area contributed by atoms with Crippen molar-refractivity contribution in [3.05, 3.63) is 29.6 Å². The summed E-state index contributed by atoms with van der Waals surface area (Å²) in [5.74, 6) is 0.554. The number of nitrogens with zero attached hydrogens (tertiary/aromatic N) is 2. The van der Waals surface area contributed by atoms with Gasteiger partial charge in [-0.3, -0.25) is 14.7 Å². The SMILES string of the molecule is Cc1ccc(CN2CCC(=O)C(C)C2C)cn1. The molecule has 1 aliphatic rings. The lowest BCUT2D eigenvalue weighted by molar-refractivity contribution is -0.128. The Bertz CT molecular complexity index is 399. The normalized spacial score (nSPS) is 26.2. The number of carbonyl (C=O) groups excluding carboxylic acids is 1. The van der Waals surface area contributed by atoms with E-state index >= 15 is 0 Å². The molecule has 2 atom stereocenters. The number of carbonyl (C=O) groups is 1. The van der Waals surface area contributed by atoms with Crippen molar-refractivity contribution in [3.63, 3.8) is 0 Å². The first-order chi connectivity index (χ1) is 8.08. The van der Waals surface area contributed by atoms with Gasteiger partial charge in [0.2, 0.25) is 0 Å². The zero-order valence-corrected chi connectivity index (χ0v) is 10.8. The van der Waals surface area contributed by atoms with Crippen LogP contribution in [0.2, 0.25) is 0 Å². The van der Waals surface area contributed by atoms with Gasteiger partial charge in [0.25, 0.3) is 0 Å². The number of Topliss-reactive ketones (excluding diaryl/α,β-unsaturated/α-hetero) is 1. The number of pyridine rings is 1. The third-order valence-corrected chi connectivity index (χ3v) is 3.81. The number of aromatic nitrogens is 1. The Kier molecular flexibility index (Phi) is 3.57. The molecule has 0 N–H and O–H groups in total. The molecule has 1 aromatic rings. The number of likely N-dealkylation sites (tertiary alicyclic amines) is 1. The van der Waals surface area contributed by atoms with E-state index in [0.717, 1.165) is 18.8 Å². The Hall–Kier alpha value is -1.22. The summed E-state index contributed by atoms with van der Waals surface area (Å²) in [5.41, 5.74) is 2.27. The molecule has 2 heterocycles. The van der Waals surface area contributed by atoms with Crippen LogP contribution >= 0.6 is 0 Å². The molecule has 1 aliphatic heterocycles. The van der Waals surface area contributed by atoms with Crippen molar-refractivity contribution in [2.24, 2.45) is 5.92 Å². The van der Waals surface area contributed by atoms with E-state index in [9.17, 15) is 4.79 Å². The molecule has 0 spiro atoms. The Morgan fingerprint density at radius 1 is 1.41 bits per heavy atom. The second kappa shape index (κ2) is 4.96. The minimum atomic E-state index is 0.155. The predicted octanol–water partition coefficient (Wildman–Crippen LogP) is 2.19. The van der Waals surface area contributed by atoms with Gasteiger partial charge in [-0.15, -0.1) is 0 Å². The smallest absolute Gasteiger partial charge is 0.138 e. The average Bonchev–Trinajstić information content (AvgIpc) is 2.33. The van der Waals surface area contributed by atoms with Crippen LogP contribution in [0.1, 0.15) is 31.5 Å². The highest BCUT2D eigenvalue weighted by atomic mass is 16.1. The highest BCUT2D eigenvalue weighted by molar-refractivity contribution is 5.82.